The smallest absolute Gasteiger partial charge is 0.222 e. The van der Waals surface area contributed by atoms with Crippen LogP contribution in [0.5, 0.6) is 0 Å². The maximum Gasteiger partial charge on any atom is 0.222 e. The van der Waals surface area contributed by atoms with Crippen LogP contribution in [0.25, 0.3) is 11.0 Å². The van der Waals surface area contributed by atoms with Crippen LogP contribution >= 0.6 is 11.6 Å². The van der Waals surface area contributed by atoms with Gasteiger partial charge in [-0.25, -0.2) is 24.9 Å². The Morgan fingerprint density at radius 2 is 1.80 bits per heavy atom. The quantitative estimate of drug-likeness (QED) is 0.537. The molecule has 4 aromatic rings. The fraction of sp³-hybridized carbons (Fsp3) is 0.118. The molecule has 0 unspecified atom stereocenters. The monoisotopic (exact) mass is 351 g/mol. The lowest BCUT2D eigenvalue weighted by molar-refractivity contribution is 1.02. The lowest BCUT2D eigenvalue weighted by Gasteiger charge is -2.05. The Morgan fingerprint density at radius 3 is 2.60 bits per heavy atom. The van der Waals surface area contributed by atoms with Crippen LogP contribution in [0.4, 0.5) is 5.95 Å². The van der Waals surface area contributed by atoms with Gasteiger partial charge in [-0.2, -0.15) is 0 Å². The highest BCUT2D eigenvalue weighted by Crippen LogP contribution is 2.18. The van der Waals surface area contributed by atoms with Crippen LogP contribution < -0.4 is 5.32 Å². The van der Waals surface area contributed by atoms with Crippen molar-refractivity contribution in [2.24, 2.45) is 0 Å². The van der Waals surface area contributed by atoms with E-state index in [4.69, 9.17) is 11.6 Å². The molecule has 4 aromatic heterocycles. The van der Waals surface area contributed by atoms with Crippen LogP contribution in [-0.2, 0) is 13.0 Å². The molecule has 0 fully saturated rings. The van der Waals surface area contributed by atoms with Crippen molar-refractivity contribution in [1.29, 1.82) is 0 Å². The number of anilines is 1. The summed E-state index contributed by atoms with van der Waals surface area (Å²) in [6.45, 7) is 0.587. The molecule has 0 saturated heterocycles. The van der Waals surface area contributed by atoms with Crippen LogP contribution in [0, 0.1) is 0 Å². The van der Waals surface area contributed by atoms with Gasteiger partial charge >= 0.3 is 0 Å². The van der Waals surface area contributed by atoms with Gasteiger partial charge in [0.15, 0.2) is 0 Å². The van der Waals surface area contributed by atoms with Crippen molar-refractivity contribution in [3.63, 3.8) is 0 Å². The minimum atomic E-state index is 0.479. The summed E-state index contributed by atoms with van der Waals surface area (Å²) in [5.74, 6) is 0.570. The zero-order valence-electron chi connectivity index (χ0n) is 13.1. The van der Waals surface area contributed by atoms with E-state index in [-0.39, 0.29) is 0 Å². The highest BCUT2D eigenvalue weighted by molar-refractivity contribution is 6.29. The summed E-state index contributed by atoms with van der Waals surface area (Å²) in [6, 6.07) is 3.67. The van der Waals surface area contributed by atoms with Gasteiger partial charge in [0.2, 0.25) is 5.95 Å². The molecule has 25 heavy (non-hydrogen) atoms. The molecule has 0 saturated carbocycles. The molecule has 124 valence electrons. The maximum atomic E-state index is 5.77. The number of pyridine rings is 1. The summed E-state index contributed by atoms with van der Waals surface area (Å²) in [7, 11) is 0. The summed E-state index contributed by atoms with van der Waals surface area (Å²) < 4.78 is 0. The number of fused-ring (bicyclic) bond motifs is 1. The molecular weight excluding hydrogens is 338 g/mol. The van der Waals surface area contributed by atoms with Gasteiger partial charge in [-0.15, -0.1) is 0 Å². The Labute approximate surface area is 148 Å². The Morgan fingerprint density at radius 1 is 0.960 bits per heavy atom. The first-order valence-electron chi connectivity index (χ1n) is 7.69. The Bertz CT molecular complexity index is 980. The van der Waals surface area contributed by atoms with Crippen molar-refractivity contribution >= 4 is 28.6 Å². The van der Waals surface area contributed by atoms with Crippen molar-refractivity contribution in [3.05, 3.63) is 71.3 Å². The predicted octanol–water partition coefficient (Wildman–Crippen LogP) is 3.00. The molecule has 0 spiro atoms. The second-order valence-electron chi connectivity index (χ2n) is 5.53. The molecule has 7 nitrogen and oxygen atoms in total. The highest BCUT2D eigenvalue weighted by Gasteiger charge is 2.06. The van der Waals surface area contributed by atoms with E-state index in [0.29, 0.717) is 17.6 Å². The third kappa shape index (κ3) is 3.56. The fourth-order valence-corrected chi connectivity index (χ4v) is 2.62. The second kappa shape index (κ2) is 6.82. The molecule has 0 aliphatic rings. The van der Waals surface area contributed by atoms with Crippen LogP contribution in [-0.4, -0.2) is 29.9 Å². The van der Waals surface area contributed by atoms with Crippen LogP contribution in [0.3, 0.4) is 0 Å². The molecule has 0 aromatic carbocycles. The van der Waals surface area contributed by atoms with Gasteiger partial charge in [0.25, 0.3) is 0 Å². The molecule has 0 amide bonds. The zero-order valence-corrected chi connectivity index (χ0v) is 13.9. The summed E-state index contributed by atoms with van der Waals surface area (Å²) in [6.07, 6.45) is 11.4. The highest BCUT2D eigenvalue weighted by atomic mass is 35.5. The lowest BCUT2D eigenvalue weighted by atomic mass is 10.1. The van der Waals surface area contributed by atoms with E-state index in [2.05, 4.69) is 35.2 Å². The molecule has 0 aliphatic heterocycles. The van der Waals surface area contributed by atoms with Crippen molar-refractivity contribution in [2.45, 2.75) is 13.0 Å². The molecule has 0 bridgehead atoms. The predicted molar refractivity (Wildman–Crippen MR) is 95.3 cm³/mol. The van der Waals surface area contributed by atoms with E-state index in [0.717, 1.165) is 34.1 Å². The first-order valence-corrected chi connectivity index (χ1v) is 8.07. The summed E-state index contributed by atoms with van der Waals surface area (Å²) in [5, 5.41) is 4.66. The molecule has 0 radical (unpaired) electrons. The number of aromatic nitrogens is 6. The van der Waals surface area contributed by atoms with Crippen molar-refractivity contribution in [2.75, 3.05) is 5.32 Å². The zero-order chi connectivity index (χ0) is 17.1. The van der Waals surface area contributed by atoms with E-state index in [1.54, 1.807) is 12.3 Å². The van der Waals surface area contributed by atoms with Gasteiger partial charge < -0.3 is 10.3 Å². The average molecular weight is 352 g/mol. The molecular formula is C17H14ClN7. The number of H-pyrrole nitrogens is 1. The van der Waals surface area contributed by atoms with Crippen molar-refractivity contribution < 1.29 is 0 Å². The number of aromatic amines is 1. The van der Waals surface area contributed by atoms with E-state index in [1.165, 1.54) is 6.33 Å². The molecule has 0 atom stereocenters. The van der Waals surface area contributed by atoms with Crippen molar-refractivity contribution in [3.8, 4) is 0 Å². The van der Waals surface area contributed by atoms with E-state index >= 15 is 0 Å². The van der Waals surface area contributed by atoms with Crippen molar-refractivity contribution in [1.82, 2.24) is 29.9 Å². The summed E-state index contributed by atoms with van der Waals surface area (Å²) >= 11 is 5.77. The van der Waals surface area contributed by atoms with E-state index in [1.807, 2.05) is 30.9 Å². The molecule has 4 rings (SSSR count). The van der Waals surface area contributed by atoms with Gasteiger partial charge in [0.1, 0.15) is 17.1 Å². The number of rotatable bonds is 5. The Hall–Kier alpha value is -3.06. The topological polar surface area (TPSA) is 92.3 Å². The largest absolute Gasteiger partial charge is 0.350 e. The minimum Gasteiger partial charge on any atom is -0.350 e. The van der Waals surface area contributed by atoms with Gasteiger partial charge in [-0.1, -0.05) is 17.7 Å². The SMILES string of the molecule is Clc1ccc(CNc2ncc(Cc3c[nH]c4ncncc34)cn2)cn1. The second-order valence-corrected chi connectivity index (χ2v) is 5.92. The van der Waals surface area contributed by atoms with E-state index < -0.39 is 0 Å². The lowest BCUT2D eigenvalue weighted by Crippen LogP contribution is -2.04. The number of nitrogens with one attached hydrogen (secondary N) is 2. The number of halogens is 1. The minimum absolute atomic E-state index is 0.479. The van der Waals surface area contributed by atoms with Crippen LogP contribution in [0.15, 0.2) is 49.4 Å². The molecule has 0 aliphatic carbocycles. The maximum absolute atomic E-state index is 5.77. The number of hydrogen-bond donors (Lipinski definition) is 2. The fourth-order valence-electron chi connectivity index (χ4n) is 2.51. The van der Waals surface area contributed by atoms with Gasteiger partial charge in [-0.3, -0.25) is 0 Å². The molecule has 8 heteroatoms. The molecule has 2 N–H and O–H groups in total. The first kappa shape index (κ1) is 15.5. The van der Waals surface area contributed by atoms with Crippen LogP contribution in [0.1, 0.15) is 16.7 Å². The summed E-state index contributed by atoms with van der Waals surface area (Å²) in [4.78, 5) is 24.2. The Balaban J connectivity index is 1.42. The van der Waals surface area contributed by atoms with E-state index in [9.17, 15) is 0 Å². The Kier molecular flexibility index (Phi) is 4.22. The molecule has 4 heterocycles. The third-order valence-electron chi connectivity index (χ3n) is 3.78. The van der Waals surface area contributed by atoms with Gasteiger partial charge in [-0.05, 0) is 22.8 Å². The van der Waals surface area contributed by atoms with Gasteiger partial charge in [0, 0.05) is 49.3 Å². The first-order chi connectivity index (χ1) is 12.3. The summed E-state index contributed by atoms with van der Waals surface area (Å²) in [5.41, 5.74) is 3.98. The van der Waals surface area contributed by atoms with Gasteiger partial charge in [0.05, 0.1) is 0 Å². The number of nitrogens with zero attached hydrogens (tertiary/aromatic N) is 5. The normalized spacial score (nSPS) is 10.9. The van der Waals surface area contributed by atoms with Crippen LogP contribution in [0.2, 0.25) is 5.15 Å². The average Bonchev–Trinajstić information content (AvgIpc) is 3.06. The third-order valence-corrected chi connectivity index (χ3v) is 4.00. The standard InChI is InChI=1S/C17H14ClN7/c18-15-2-1-11(4-20-15)5-22-17-23-6-12(7-24-17)3-13-8-21-16-14(13)9-19-10-25-16/h1-2,4,6-10H,3,5H2,(H,19,21,25)(H,22,23,24). The number of hydrogen-bond acceptors (Lipinski definition) is 6.